The molecular weight excluding hydrogens is 558 g/mol. The van der Waals surface area contributed by atoms with Gasteiger partial charge in [0.1, 0.15) is 5.60 Å². The van der Waals surface area contributed by atoms with E-state index in [0.29, 0.717) is 30.8 Å². The number of aliphatic hydroxyl groups is 1. The van der Waals surface area contributed by atoms with E-state index < -0.39 is 11.7 Å². The number of rotatable bonds is 8. The Balaban J connectivity index is 1.29. The molecule has 0 bridgehead atoms. The third kappa shape index (κ3) is 6.11. The van der Waals surface area contributed by atoms with Gasteiger partial charge in [-0.25, -0.2) is 9.78 Å². The summed E-state index contributed by atoms with van der Waals surface area (Å²) in [7, 11) is 1.60. The largest absolute Gasteiger partial charge is 0.465 e. The smallest absolute Gasteiger partial charge is 0.407 e. The molecule has 10 nitrogen and oxygen atoms in total. The third-order valence-electron chi connectivity index (χ3n) is 9.73. The molecule has 1 saturated heterocycles. The number of methoxy groups -OCH3 is 1. The van der Waals surface area contributed by atoms with E-state index in [1.54, 1.807) is 13.4 Å². The van der Waals surface area contributed by atoms with Crippen molar-refractivity contribution in [3.05, 3.63) is 77.7 Å². The molecule has 0 unspecified atom stereocenters. The SMILES string of the molecule is COC[C@]1(O)CCCC[C@H]1n1cnc(C(=O)N2CCN(C(=O)O)C[C@H]2CCN2CCc3ccccc3C2)c1-c1ccccc1. The Kier molecular flexibility index (Phi) is 9.02. The number of carbonyl (C=O) groups is 2. The summed E-state index contributed by atoms with van der Waals surface area (Å²) in [6, 6.07) is 17.7. The van der Waals surface area contributed by atoms with E-state index in [0.717, 1.165) is 50.9 Å². The van der Waals surface area contributed by atoms with Crippen LogP contribution in [0.4, 0.5) is 4.79 Å². The third-order valence-corrected chi connectivity index (χ3v) is 9.73. The summed E-state index contributed by atoms with van der Waals surface area (Å²) in [5.41, 5.74) is 3.52. The molecule has 1 saturated carbocycles. The maximum absolute atomic E-state index is 14.5. The van der Waals surface area contributed by atoms with E-state index in [2.05, 4.69) is 29.2 Å². The molecule has 3 heterocycles. The van der Waals surface area contributed by atoms with Crippen LogP contribution in [0.1, 0.15) is 59.8 Å². The number of carbonyl (C=O) groups excluding carboxylic acids is 1. The predicted molar refractivity (Wildman–Crippen MR) is 166 cm³/mol. The first-order chi connectivity index (χ1) is 21.4. The average Bonchev–Trinajstić information content (AvgIpc) is 3.48. The van der Waals surface area contributed by atoms with E-state index in [4.69, 9.17) is 9.72 Å². The molecule has 44 heavy (non-hydrogen) atoms. The van der Waals surface area contributed by atoms with Crippen LogP contribution >= 0.6 is 0 Å². The fraction of sp³-hybridized carbons (Fsp3) is 0.500. The van der Waals surface area contributed by atoms with E-state index in [1.165, 1.54) is 16.0 Å². The number of piperazine rings is 1. The number of nitrogens with zero attached hydrogens (tertiary/aromatic N) is 5. The van der Waals surface area contributed by atoms with Crippen molar-refractivity contribution in [1.29, 1.82) is 0 Å². The van der Waals surface area contributed by atoms with Crippen LogP contribution in [0.5, 0.6) is 0 Å². The number of ether oxygens (including phenoxy) is 1. The highest BCUT2D eigenvalue weighted by Crippen LogP contribution is 2.41. The number of imidazole rings is 1. The average molecular weight is 602 g/mol. The quantitative estimate of drug-likeness (QED) is 0.396. The first-order valence-electron chi connectivity index (χ1n) is 15.8. The number of carboxylic acid groups (broad SMARTS) is 1. The molecule has 2 N–H and O–H groups in total. The molecule has 2 fully saturated rings. The van der Waals surface area contributed by atoms with Crippen molar-refractivity contribution in [2.75, 3.05) is 46.4 Å². The molecule has 0 radical (unpaired) electrons. The van der Waals surface area contributed by atoms with Crippen molar-refractivity contribution in [1.82, 2.24) is 24.3 Å². The first-order valence-corrected chi connectivity index (χ1v) is 15.8. The Hall–Kier alpha value is -3.73. The summed E-state index contributed by atoms with van der Waals surface area (Å²) in [4.78, 5) is 36.8. The molecule has 3 atom stereocenters. The van der Waals surface area contributed by atoms with Crippen molar-refractivity contribution in [2.24, 2.45) is 0 Å². The number of amides is 2. The fourth-order valence-electron chi connectivity index (χ4n) is 7.41. The van der Waals surface area contributed by atoms with Gasteiger partial charge in [-0.1, -0.05) is 67.4 Å². The van der Waals surface area contributed by atoms with Gasteiger partial charge in [0.05, 0.1) is 30.7 Å². The van der Waals surface area contributed by atoms with Crippen molar-refractivity contribution in [2.45, 2.75) is 62.8 Å². The lowest BCUT2D eigenvalue weighted by Crippen LogP contribution is -2.57. The summed E-state index contributed by atoms with van der Waals surface area (Å²) in [6.07, 6.45) is 5.62. The molecule has 2 aromatic carbocycles. The number of fused-ring (bicyclic) bond motifs is 1. The molecule has 0 spiro atoms. The summed E-state index contributed by atoms with van der Waals surface area (Å²) in [5, 5.41) is 21.5. The number of hydrogen-bond acceptors (Lipinski definition) is 6. The van der Waals surface area contributed by atoms with Crippen molar-refractivity contribution in [3.63, 3.8) is 0 Å². The van der Waals surface area contributed by atoms with Crippen LogP contribution in [-0.4, -0.2) is 105 Å². The summed E-state index contributed by atoms with van der Waals surface area (Å²) in [6.45, 7) is 3.59. The maximum atomic E-state index is 14.5. The second-order valence-electron chi connectivity index (χ2n) is 12.5. The van der Waals surface area contributed by atoms with Crippen LogP contribution < -0.4 is 0 Å². The predicted octanol–water partition coefficient (Wildman–Crippen LogP) is 4.30. The van der Waals surface area contributed by atoms with Crippen LogP contribution in [0.15, 0.2) is 60.9 Å². The second kappa shape index (κ2) is 13.1. The van der Waals surface area contributed by atoms with E-state index in [9.17, 15) is 19.8 Å². The lowest BCUT2D eigenvalue weighted by atomic mass is 9.80. The van der Waals surface area contributed by atoms with Gasteiger partial charge < -0.3 is 29.3 Å². The summed E-state index contributed by atoms with van der Waals surface area (Å²) >= 11 is 0. The highest BCUT2D eigenvalue weighted by atomic mass is 16.5. The number of benzene rings is 2. The van der Waals surface area contributed by atoms with E-state index >= 15 is 0 Å². The highest BCUT2D eigenvalue weighted by molar-refractivity contribution is 5.98. The fourth-order valence-corrected chi connectivity index (χ4v) is 7.41. The molecule has 3 aromatic rings. The molecular formula is C34H43N5O5. The Morgan fingerprint density at radius 3 is 2.57 bits per heavy atom. The zero-order valence-corrected chi connectivity index (χ0v) is 25.5. The monoisotopic (exact) mass is 601 g/mol. The zero-order valence-electron chi connectivity index (χ0n) is 25.5. The van der Waals surface area contributed by atoms with E-state index in [-0.39, 0.29) is 37.7 Å². The molecule has 10 heteroatoms. The highest BCUT2D eigenvalue weighted by Gasteiger charge is 2.43. The molecule has 2 amide bonds. The molecule has 1 aromatic heterocycles. The zero-order chi connectivity index (χ0) is 30.7. The Morgan fingerprint density at radius 2 is 1.80 bits per heavy atom. The Bertz CT molecular complexity index is 1460. The van der Waals surface area contributed by atoms with Crippen LogP contribution in [0.25, 0.3) is 11.3 Å². The molecule has 6 rings (SSSR count). The van der Waals surface area contributed by atoms with E-state index in [1.807, 2.05) is 39.8 Å². The molecule has 234 valence electrons. The van der Waals surface area contributed by atoms with Crippen molar-refractivity contribution >= 4 is 12.0 Å². The van der Waals surface area contributed by atoms with Gasteiger partial charge in [0.25, 0.3) is 5.91 Å². The number of aromatic nitrogens is 2. The van der Waals surface area contributed by atoms with Crippen molar-refractivity contribution in [3.8, 4) is 11.3 Å². The topological polar surface area (TPSA) is 111 Å². The minimum atomic E-state index is -1.07. The van der Waals surface area contributed by atoms with Gasteiger partial charge in [-0.2, -0.15) is 0 Å². The summed E-state index contributed by atoms with van der Waals surface area (Å²) in [5.74, 6) is -0.201. The van der Waals surface area contributed by atoms with Crippen LogP contribution in [-0.2, 0) is 17.7 Å². The lowest BCUT2D eigenvalue weighted by Gasteiger charge is -2.42. The van der Waals surface area contributed by atoms with Gasteiger partial charge >= 0.3 is 6.09 Å². The first kappa shape index (κ1) is 30.3. The van der Waals surface area contributed by atoms with Gasteiger partial charge in [-0.15, -0.1) is 0 Å². The van der Waals surface area contributed by atoms with Gasteiger partial charge in [0.15, 0.2) is 5.69 Å². The maximum Gasteiger partial charge on any atom is 0.407 e. The second-order valence-corrected chi connectivity index (χ2v) is 12.5. The van der Waals surface area contributed by atoms with Crippen LogP contribution in [0, 0.1) is 0 Å². The molecule has 3 aliphatic rings. The molecule has 2 aliphatic heterocycles. The lowest BCUT2D eigenvalue weighted by molar-refractivity contribution is -0.0893. The minimum absolute atomic E-state index is 0.201. The van der Waals surface area contributed by atoms with Gasteiger partial charge in [-0.3, -0.25) is 9.69 Å². The summed E-state index contributed by atoms with van der Waals surface area (Å²) < 4.78 is 7.44. The van der Waals surface area contributed by atoms with Crippen LogP contribution in [0.3, 0.4) is 0 Å². The molecule has 1 aliphatic carbocycles. The van der Waals surface area contributed by atoms with Gasteiger partial charge in [0, 0.05) is 51.9 Å². The van der Waals surface area contributed by atoms with Gasteiger partial charge in [-0.05, 0) is 36.8 Å². The Morgan fingerprint density at radius 1 is 1.02 bits per heavy atom. The van der Waals surface area contributed by atoms with Gasteiger partial charge in [0.2, 0.25) is 0 Å². The van der Waals surface area contributed by atoms with Crippen molar-refractivity contribution < 1.29 is 24.5 Å². The standard InChI is InChI=1S/C34H43N5O5/c1-44-23-34(43)16-8-7-13-29(34)39-24-35-30(31(39)26-10-3-2-4-11-26)32(40)38-20-19-37(33(41)42)22-28(38)15-18-36-17-14-25-9-5-6-12-27(25)21-36/h2-6,9-12,24,28-29,43H,7-8,13-23H2,1H3,(H,41,42)/t28-,29-,34-/m1/s1. The minimum Gasteiger partial charge on any atom is -0.465 e. The number of hydrogen-bond donors (Lipinski definition) is 2. The van der Waals surface area contributed by atoms with Crippen LogP contribution in [0.2, 0.25) is 0 Å². The normalized spacial score (nSPS) is 24.2. The Labute approximate surface area is 258 Å².